The molecule has 0 saturated heterocycles. The minimum Gasteiger partial charge on any atom is -0.481 e. The fraction of sp³-hybridized carbons (Fsp3) is 0.545. The molecule has 0 aromatic carbocycles. The molecule has 2 N–H and O–H groups in total. The van der Waals surface area contributed by atoms with Gasteiger partial charge in [-0.1, -0.05) is 0 Å². The average molecular weight is 239 g/mol. The normalized spacial score (nSPS) is 11.9. The lowest BCUT2D eigenvalue weighted by atomic mass is 10.2. The van der Waals surface area contributed by atoms with Crippen LogP contribution in [0.3, 0.4) is 0 Å². The molecule has 1 heterocycles. The monoisotopic (exact) mass is 239 g/mol. The zero-order chi connectivity index (χ0) is 12.7. The van der Waals surface area contributed by atoms with Crippen molar-refractivity contribution in [1.29, 1.82) is 0 Å². The van der Waals surface area contributed by atoms with Crippen LogP contribution in [0.2, 0.25) is 0 Å². The van der Waals surface area contributed by atoms with E-state index in [-0.39, 0.29) is 12.5 Å². The lowest BCUT2D eigenvalue weighted by Crippen LogP contribution is -2.17. The summed E-state index contributed by atoms with van der Waals surface area (Å²) in [5, 5.41) is 11.6. The predicted molar refractivity (Wildman–Crippen MR) is 63.2 cm³/mol. The van der Waals surface area contributed by atoms with Crippen LogP contribution in [0.25, 0.3) is 0 Å². The number of carbonyl (C=O) groups is 1. The molecule has 0 fully saturated rings. The quantitative estimate of drug-likeness (QED) is 0.750. The molecule has 6 heteroatoms. The zero-order valence-electron chi connectivity index (χ0n) is 10.0. The number of hydrogen-bond acceptors (Lipinski definition) is 5. The van der Waals surface area contributed by atoms with Gasteiger partial charge in [0.2, 0.25) is 5.88 Å². The summed E-state index contributed by atoms with van der Waals surface area (Å²) in [4.78, 5) is 18.6. The predicted octanol–water partition coefficient (Wildman–Crippen LogP) is 1.54. The molecule has 17 heavy (non-hydrogen) atoms. The van der Waals surface area contributed by atoms with Crippen LogP contribution in [-0.4, -0.2) is 33.7 Å². The van der Waals surface area contributed by atoms with Gasteiger partial charge in [-0.05, 0) is 20.3 Å². The molecule has 0 radical (unpaired) electrons. The number of aliphatic carboxylic acids is 1. The molecule has 0 amide bonds. The Balaban J connectivity index is 2.49. The van der Waals surface area contributed by atoms with E-state index in [0.29, 0.717) is 24.7 Å². The van der Waals surface area contributed by atoms with Crippen LogP contribution in [0.1, 0.15) is 26.7 Å². The number of ether oxygens (including phenoxy) is 1. The number of nitrogens with one attached hydrogen (secondary N) is 1. The van der Waals surface area contributed by atoms with Crippen molar-refractivity contribution in [2.45, 2.75) is 32.7 Å². The SMILES string of the molecule is CCOc1cncc(NC(C)CCC(=O)O)n1. The molecule has 0 aliphatic heterocycles. The fourth-order valence-corrected chi connectivity index (χ4v) is 1.30. The van der Waals surface area contributed by atoms with Gasteiger partial charge < -0.3 is 15.2 Å². The van der Waals surface area contributed by atoms with Crippen LogP contribution in [0, 0.1) is 0 Å². The Labute approximate surface area is 100 Å². The van der Waals surface area contributed by atoms with E-state index in [0.717, 1.165) is 0 Å². The second kappa shape index (κ2) is 6.67. The molecule has 1 aromatic rings. The van der Waals surface area contributed by atoms with E-state index in [1.165, 1.54) is 6.20 Å². The highest BCUT2D eigenvalue weighted by molar-refractivity contribution is 5.66. The fourth-order valence-electron chi connectivity index (χ4n) is 1.30. The molecule has 0 aliphatic rings. The van der Waals surface area contributed by atoms with Crippen molar-refractivity contribution in [2.24, 2.45) is 0 Å². The first-order valence-electron chi connectivity index (χ1n) is 5.55. The van der Waals surface area contributed by atoms with Crippen molar-refractivity contribution < 1.29 is 14.6 Å². The van der Waals surface area contributed by atoms with E-state index in [1.807, 2.05) is 13.8 Å². The number of carboxylic acid groups (broad SMARTS) is 1. The highest BCUT2D eigenvalue weighted by Gasteiger charge is 2.07. The summed E-state index contributed by atoms with van der Waals surface area (Å²) >= 11 is 0. The van der Waals surface area contributed by atoms with Crippen molar-refractivity contribution >= 4 is 11.8 Å². The first-order chi connectivity index (χ1) is 8.11. The molecule has 0 aliphatic carbocycles. The third-order valence-electron chi connectivity index (χ3n) is 2.09. The number of carboxylic acids is 1. The summed E-state index contributed by atoms with van der Waals surface area (Å²) in [5.41, 5.74) is 0. The second-order valence-corrected chi connectivity index (χ2v) is 3.65. The maximum Gasteiger partial charge on any atom is 0.303 e. The summed E-state index contributed by atoms with van der Waals surface area (Å²) in [6.07, 6.45) is 3.79. The lowest BCUT2D eigenvalue weighted by molar-refractivity contribution is -0.137. The first-order valence-corrected chi connectivity index (χ1v) is 5.55. The van der Waals surface area contributed by atoms with Crippen LogP contribution >= 0.6 is 0 Å². The van der Waals surface area contributed by atoms with Gasteiger partial charge in [0.15, 0.2) is 0 Å². The number of hydrogen-bond donors (Lipinski definition) is 2. The molecule has 1 aromatic heterocycles. The smallest absolute Gasteiger partial charge is 0.303 e. The summed E-state index contributed by atoms with van der Waals surface area (Å²) in [5.74, 6) is 0.254. The second-order valence-electron chi connectivity index (χ2n) is 3.65. The highest BCUT2D eigenvalue weighted by Crippen LogP contribution is 2.11. The molecule has 0 spiro atoms. The number of rotatable bonds is 7. The minimum absolute atomic E-state index is 0.0253. The van der Waals surface area contributed by atoms with E-state index < -0.39 is 5.97 Å². The molecule has 6 nitrogen and oxygen atoms in total. The number of aromatic nitrogens is 2. The molecule has 1 atom stereocenters. The maximum absolute atomic E-state index is 10.4. The van der Waals surface area contributed by atoms with Crippen LogP contribution in [-0.2, 0) is 4.79 Å². The van der Waals surface area contributed by atoms with E-state index in [9.17, 15) is 4.79 Å². The molecule has 0 bridgehead atoms. The Bertz CT molecular complexity index is 371. The summed E-state index contributed by atoms with van der Waals surface area (Å²) in [6.45, 7) is 4.31. The highest BCUT2D eigenvalue weighted by atomic mass is 16.5. The maximum atomic E-state index is 10.4. The van der Waals surface area contributed by atoms with Gasteiger partial charge in [-0.15, -0.1) is 0 Å². The Hall–Kier alpha value is -1.85. The largest absolute Gasteiger partial charge is 0.481 e. The van der Waals surface area contributed by atoms with Crippen LogP contribution in [0.4, 0.5) is 5.82 Å². The van der Waals surface area contributed by atoms with Crippen molar-refractivity contribution in [2.75, 3.05) is 11.9 Å². The Kier molecular flexibility index (Phi) is 5.19. The van der Waals surface area contributed by atoms with Crippen molar-refractivity contribution in [3.05, 3.63) is 12.4 Å². The summed E-state index contributed by atoms with van der Waals surface area (Å²) < 4.78 is 5.22. The summed E-state index contributed by atoms with van der Waals surface area (Å²) in [7, 11) is 0. The van der Waals surface area contributed by atoms with Gasteiger partial charge in [-0.2, -0.15) is 4.98 Å². The molecule has 94 valence electrons. The number of anilines is 1. The molecule has 1 rings (SSSR count). The van der Waals surface area contributed by atoms with Crippen molar-refractivity contribution in [1.82, 2.24) is 9.97 Å². The van der Waals surface area contributed by atoms with Crippen LogP contribution in [0.15, 0.2) is 12.4 Å². The van der Waals surface area contributed by atoms with Crippen LogP contribution in [0.5, 0.6) is 5.88 Å². The summed E-state index contributed by atoms with van der Waals surface area (Å²) in [6, 6.07) is 0.0253. The van der Waals surface area contributed by atoms with Gasteiger partial charge in [0.1, 0.15) is 5.82 Å². The Morgan fingerprint density at radius 3 is 3.00 bits per heavy atom. The Morgan fingerprint density at radius 2 is 2.35 bits per heavy atom. The van der Waals surface area contributed by atoms with Crippen LogP contribution < -0.4 is 10.1 Å². The van der Waals surface area contributed by atoms with Crippen molar-refractivity contribution in [3.63, 3.8) is 0 Å². The van der Waals surface area contributed by atoms with Gasteiger partial charge in [0, 0.05) is 12.5 Å². The van der Waals surface area contributed by atoms with E-state index in [2.05, 4.69) is 15.3 Å². The third-order valence-corrected chi connectivity index (χ3v) is 2.09. The standard InChI is InChI=1S/C11H17N3O3/c1-3-17-10-7-12-6-9(14-10)13-8(2)4-5-11(15)16/h6-8H,3-5H2,1-2H3,(H,13,14)(H,15,16). The van der Waals surface area contributed by atoms with Gasteiger partial charge in [0.05, 0.1) is 19.0 Å². The van der Waals surface area contributed by atoms with E-state index in [4.69, 9.17) is 9.84 Å². The van der Waals surface area contributed by atoms with Gasteiger partial charge in [-0.25, -0.2) is 0 Å². The minimum atomic E-state index is -0.798. The molecule has 1 unspecified atom stereocenters. The van der Waals surface area contributed by atoms with Gasteiger partial charge >= 0.3 is 5.97 Å². The lowest BCUT2D eigenvalue weighted by Gasteiger charge is -2.13. The Morgan fingerprint density at radius 1 is 1.59 bits per heavy atom. The first kappa shape index (κ1) is 13.2. The molecular weight excluding hydrogens is 222 g/mol. The van der Waals surface area contributed by atoms with Crippen molar-refractivity contribution in [3.8, 4) is 5.88 Å². The topological polar surface area (TPSA) is 84.3 Å². The number of nitrogens with zero attached hydrogens (tertiary/aromatic N) is 2. The van der Waals surface area contributed by atoms with E-state index in [1.54, 1.807) is 6.20 Å². The third kappa shape index (κ3) is 5.14. The van der Waals surface area contributed by atoms with E-state index >= 15 is 0 Å². The van der Waals surface area contributed by atoms with Gasteiger partial charge in [-0.3, -0.25) is 9.78 Å². The molecule has 0 saturated carbocycles. The average Bonchev–Trinajstić information content (AvgIpc) is 2.27. The molecular formula is C11H17N3O3. The van der Waals surface area contributed by atoms with Gasteiger partial charge in [0.25, 0.3) is 0 Å². The zero-order valence-corrected chi connectivity index (χ0v) is 10.0.